The summed E-state index contributed by atoms with van der Waals surface area (Å²) in [5.74, 6) is 0.360. The lowest BCUT2D eigenvalue weighted by atomic mass is 9.97. The van der Waals surface area contributed by atoms with E-state index in [0.717, 1.165) is 16.7 Å². The lowest BCUT2D eigenvalue weighted by Gasteiger charge is -2.25. The number of benzene rings is 2. The summed E-state index contributed by atoms with van der Waals surface area (Å²) in [4.78, 5) is 11.0. The number of fused-ring (bicyclic) bond motifs is 1. The number of halogens is 1. The van der Waals surface area contributed by atoms with Crippen molar-refractivity contribution in [2.75, 3.05) is 6.61 Å². The first-order valence-electron chi connectivity index (χ1n) is 6.62. The fourth-order valence-electron chi connectivity index (χ4n) is 2.47. The van der Waals surface area contributed by atoms with Crippen molar-refractivity contribution in [3.05, 3.63) is 53.8 Å². The number of nitrogens with two attached hydrogens (primary N) is 1. The lowest BCUT2D eigenvalue weighted by molar-refractivity contribution is 0.0766. The van der Waals surface area contributed by atoms with Crippen LogP contribution in [0.5, 0.6) is 5.75 Å². The first kappa shape index (κ1) is 13.4. The Balaban J connectivity index is 2.00. The number of ether oxygens (including phenoxy) is 2. The minimum Gasteiger partial charge on any atom is -0.493 e. The minimum absolute atomic E-state index is 0.300. The molecule has 0 bridgehead atoms. The van der Waals surface area contributed by atoms with E-state index >= 15 is 0 Å². The molecular formula is C16H14FNO3. The van der Waals surface area contributed by atoms with E-state index in [4.69, 9.17) is 15.2 Å². The van der Waals surface area contributed by atoms with Crippen molar-refractivity contribution in [3.8, 4) is 16.9 Å². The molecule has 2 aromatic rings. The molecule has 2 N–H and O–H groups in total. The predicted octanol–water partition coefficient (Wildman–Crippen LogP) is 3.41. The van der Waals surface area contributed by atoms with Crippen LogP contribution in [0, 0.1) is 5.82 Å². The Morgan fingerprint density at radius 2 is 2.05 bits per heavy atom. The Morgan fingerprint density at radius 3 is 2.81 bits per heavy atom. The zero-order chi connectivity index (χ0) is 14.8. The second-order valence-corrected chi connectivity index (χ2v) is 4.83. The molecule has 4 nitrogen and oxygen atoms in total. The van der Waals surface area contributed by atoms with Gasteiger partial charge in [-0.15, -0.1) is 0 Å². The van der Waals surface area contributed by atoms with Crippen LogP contribution < -0.4 is 10.5 Å². The summed E-state index contributed by atoms with van der Waals surface area (Å²) < 4.78 is 24.0. The molecule has 0 aromatic heterocycles. The van der Waals surface area contributed by atoms with E-state index in [9.17, 15) is 9.18 Å². The van der Waals surface area contributed by atoms with Gasteiger partial charge in [0.2, 0.25) is 0 Å². The second kappa shape index (κ2) is 5.44. The highest BCUT2D eigenvalue weighted by atomic mass is 19.1. The number of amides is 1. The number of carbonyl (C=O) groups is 1. The predicted molar refractivity (Wildman–Crippen MR) is 75.4 cm³/mol. The molecule has 0 fully saturated rings. The number of carbonyl (C=O) groups excluding carboxylic acids is 1. The molecule has 0 saturated carbocycles. The maximum atomic E-state index is 13.3. The summed E-state index contributed by atoms with van der Waals surface area (Å²) in [5.41, 5.74) is 7.43. The standard InChI is InChI=1S/C16H14FNO3/c17-12-3-1-2-10(8-12)11-4-5-14-13(9-11)15(6-7-20-14)21-16(18)19/h1-5,8-9,15H,6-7H2,(H2,18,19). The molecule has 1 aliphatic rings. The van der Waals surface area contributed by atoms with E-state index in [2.05, 4.69) is 0 Å². The maximum Gasteiger partial charge on any atom is 0.405 e. The largest absolute Gasteiger partial charge is 0.493 e. The zero-order valence-electron chi connectivity index (χ0n) is 11.2. The minimum atomic E-state index is -0.816. The molecular weight excluding hydrogens is 273 g/mol. The molecule has 1 unspecified atom stereocenters. The average Bonchev–Trinajstić information content (AvgIpc) is 2.47. The molecule has 1 amide bonds. The van der Waals surface area contributed by atoms with E-state index in [1.54, 1.807) is 12.1 Å². The molecule has 0 radical (unpaired) electrons. The Bertz CT molecular complexity index is 687. The maximum absolute atomic E-state index is 13.3. The van der Waals surface area contributed by atoms with Crippen molar-refractivity contribution in [2.24, 2.45) is 5.73 Å². The second-order valence-electron chi connectivity index (χ2n) is 4.83. The van der Waals surface area contributed by atoms with Gasteiger partial charge >= 0.3 is 6.09 Å². The fourth-order valence-corrected chi connectivity index (χ4v) is 2.47. The average molecular weight is 287 g/mol. The Hall–Kier alpha value is -2.56. The summed E-state index contributed by atoms with van der Waals surface area (Å²) in [5, 5.41) is 0. The summed E-state index contributed by atoms with van der Waals surface area (Å²) in [7, 11) is 0. The van der Waals surface area contributed by atoms with Crippen molar-refractivity contribution in [1.82, 2.24) is 0 Å². The molecule has 21 heavy (non-hydrogen) atoms. The molecule has 0 spiro atoms. The number of rotatable bonds is 2. The normalized spacial score (nSPS) is 16.7. The smallest absolute Gasteiger partial charge is 0.405 e. The molecule has 2 aromatic carbocycles. The molecule has 5 heteroatoms. The quantitative estimate of drug-likeness (QED) is 0.920. The van der Waals surface area contributed by atoms with Gasteiger partial charge < -0.3 is 15.2 Å². The molecule has 3 rings (SSSR count). The molecule has 1 aliphatic heterocycles. The molecule has 0 aliphatic carbocycles. The molecule has 1 heterocycles. The molecule has 1 atom stereocenters. The van der Waals surface area contributed by atoms with Crippen LogP contribution in [0.25, 0.3) is 11.1 Å². The SMILES string of the molecule is NC(=O)OC1CCOc2ccc(-c3cccc(F)c3)cc21. The van der Waals surface area contributed by atoms with Crippen LogP contribution in [0.3, 0.4) is 0 Å². The van der Waals surface area contributed by atoms with Crippen molar-refractivity contribution in [1.29, 1.82) is 0 Å². The van der Waals surface area contributed by atoms with Gasteiger partial charge in [-0.05, 0) is 35.4 Å². The van der Waals surface area contributed by atoms with Crippen LogP contribution in [-0.2, 0) is 4.74 Å². The van der Waals surface area contributed by atoms with Gasteiger partial charge in [0.05, 0.1) is 6.61 Å². The Morgan fingerprint density at radius 1 is 1.24 bits per heavy atom. The van der Waals surface area contributed by atoms with Gasteiger partial charge in [-0.3, -0.25) is 0 Å². The third-order valence-electron chi connectivity index (χ3n) is 3.41. The van der Waals surface area contributed by atoms with Crippen molar-refractivity contribution in [3.63, 3.8) is 0 Å². The number of hydrogen-bond acceptors (Lipinski definition) is 3. The highest BCUT2D eigenvalue weighted by Gasteiger charge is 2.24. The van der Waals surface area contributed by atoms with Crippen molar-refractivity contribution in [2.45, 2.75) is 12.5 Å². The first-order chi connectivity index (χ1) is 10.1. The molecule has 108 valence electrons. The zero-order valence-corrected chi connectivity index (χ0v) is 11.2. The highest BCUT2D eigenvalue weighted by Crippen LogP contribution is 2.37. The van der Waals surface area contributed by atoms with E-state index in [1.165, 1.54) is 12.1 Å². The summed E-state index contributed by atoms with van der Waals surface area (Å²) in [6, 6.07) is 11.8. The van der Waals surface area contributed by atoms with Crippen LogP contribution in [0.1, 0.15) is 18.1 Å². The van der Waals surface area contributed by atoms with Crippen LogP contribution in [0.2, 0.25) is 0 Å². The first-order valence-corrected chi connectivity index (χ1v) is 6.62. The van der Waals surface area contributed by atoms with Crippen LogP contribution >= 0.6 is 0 Å². The number of primary amides is 1. The van der Waals surface area contributed by atoms with Crippen molar-refractivity contribution < 1.29 is 18.7 Å². The van der Waals surface area contributed by atoms with Gasteiger partial charge in [-0.1, -0.05) is 18.2 Å². The van der Waals surface area contributed by atoms with Crippen LogP contribution in [0.15, 0.2) is 42.5 Å². The van der Waals surface area contributed by atoms with Crippen LogP contribution in [-0.4, -0.2) is 12.7 Å². The van der Waals surface area contributed by atoms with Gasteiger partial charge in [0.1, 0.15) is 17.7 Å². The van der Waals surface area contributed by atoms with E-state index in [1.807, 2.05) is 18.2 Å². The summed E-state index contributed by atoms with van der Waals surface area (Å²) in [6.07, 6.45) is -0.702. The summed E-state index contributed by atoms with van der Waals surface area (Å²) in [6.45, 7) is 0.463. The van der Waals surface area contributed by atoms with Gasteiger partial charge in [0.15, 0.2) is 0 Å². The lowest BCUT2D eigenvalue weighted by Crippen LogP contribution is -2.22. The van der Waals surface area contributed by atoms with Gasteiger partial charge in [0.25, 0.3) is 0 Å². The highest BCUT2D eigenvalue weighted by molar-refractivity contribution is 5.68. The Kier molecular flexibility index (Phi) is 3.48. The van der Waals surface area contributed by atoms with Crippen LogP contribution in [0.4, 0.5) is 9.18 Å². The van der Waals surface area contributed by atoms with Crippen molar-refractivity contribution >= 4 is 6.09 Å². The fraction of sp³-hybridized carbons (Fsp3) is 0.188. The van der Waals surface area contributed by atoms with E-state index in [-0.39, 0.29) is 5.82 Å². The van der Waals surface area contributed by atoms with Gasteiger partial charge in [-0.25, -0.2) is 9.18 Å². The van der Waals surface area contributed by atoms with Gasteiger partial charge in [-0.2, -0.15) is 0 Å². The Labute approximate surface area is 121 Å². The summed E-state index contributed by atoms with van der Waals surface area (Å²) >= 11 is 0. The monoisotopic (exact) mass is 287 g/mol. The topological polar surface area (TPSA) is 61.6 Å². The third kappa shape index (κ3) is 2.81. The molecule has 0 saturated heterocycles. The van der Waals surface area contributed by atoms with Gasteiger partial charge in [0, 0.05) is 12.0 Å². The van der Waals surface area contributed by atoms with E-state index < -0.39 is 12.2 Å². The third-order valence-corrected chi connectivity index (χ3v) is 3.41. The van der Waals surface area contributed by atoms with E-state index in [0.29, 0.717) is 18.8 Å². The number of hydrogen-bond donors (Lipinski definition) is 1.